The van der Waals surface area contributed by atoms with E-state index in [1.54, 1.807) is 6.92 Å². The molecule has 0 bridgehead atoms. The monoisotopic (exact) mass is 228 g/mol. The maximum Gasteiger partial charge on any atom is 0.144 e. The second-order valence-corrected chi connectivity index (χ2v) is 2.99. The molecule has 42 valence electrons. The third kappa shape index (κ3) is 3.23. The van der Waals surface area contributed by atoms with Crippen molar-refractivity contribution < 1.29 is 4.79 Å². The summed E-state index contributed by atoms with van der Waals surface area (Å²) < 4.78 is 0. The lowest BCUT2D eigenvalue weighted by Gasteiger charge is -1.94. The smallest absolute Gasteiger partial charge is 0.144 e. The summed E-state index contributed by atoms with van der Waals surface area (Å²) in [6.07, 6.45) is 0. The van der Waals surface area contributed by atoms with Gasteiger partial charge in [-0.1, -0.05) is 31.9 Å². The van der Waals surface area contributed by atoms with Crippen molar-refractivity contribution in [2.24, 2.45) is 0 Å². The van der Waals surface area contributed by atoms with Crippen molar-refractivity contribution in [2.45, 2.75) is 11.8 Å². The van der Waals surface area contributed by atoms with E-state index >= 15 is 0 Å². The molecule has 1 nitrogen and oxygen atoms in total. The van der Waals surface area contributed by atoms with Gasteiger partial charge in [0.05, 0.1) is 4.83 Å². The number of ketones is 1. The third-order valence-corrected chi connectivity index (χ3v) is 3.06. The number of carbonyl (C=O) groups excluding carboxylic acids is 1. The Bertz CT molecular complexity index is 72.1. The highest BCUT2D eigenvalue weighted by Crippen LogP contribution is 2.03. The van der Waals surface area contributed by atoms with Gasteiger partial charge in [-0.25, -0.2) is 0 Å². The summed E-state index contributed by atoms with van der Waals surface area (Å²) in [7, 11) is 0. The van der Waals surface area contributed by atoms with E-state index in [-0.39, 0.29) is 10.6 Å². The Hall–Kier alpha value is 0.630. The lowest BCUT2D eigenvalue weighted by Crippen LogP contribution is -2.09. The van der Waals surface area contributed by atoms with Crippen LogP contribution in [0.15, 0.2) is 0 Å². The van der Waals surface area contributed by atoms with Crippen molar-refractivity contribution in [1.82, 2.24) is 0 Å². The Balaban J connectivity index is 3.34. The van der Waals surface area contributed by atoms with Crippen LogP contribution in [0.25, 0.3) is 0 Å². The van der Waals surface area contributed by atoms with Crippen molar-refractivity contribution >= 4 is 37.6 Å². The molecule has 1 atom stereocenters. The van der Waals surface area contributed by atoms with E-state index in [1.165, 1.54) is 0 Å². The Morgan fingerprint density at radius 3 is 2.29 bits per heavy atom. The van der Waals surface area contributed by atoms with Gasteiger partial charge >= 0.3 is 0 Å². The van der Waals surface area contributed by atoms with Gasteiger partial charge < -0.3 is 0 Å². The van der Waals surface area contributed by atoms with E-state index in [9.17, 15) is 4.79 Å². The molecule has 0 aromatic heterocycles. The molecule has 0 aromatic carbocycles. The van der Waals surface area contributed by atoms with Crippen molar-refractivity contribution in [1.29, 1.82) is 0 Å². The van der Waals surface area contributed by atoms with Gasteiger partial charge in [0.2, 0.25) is 0 Å². The molecule has 0 heterocycles. The predicted molar refractivity (Wildman–Crippen MR) is 37.2 cm³/mol. The minimum absolute atomic E-state index is 0.00694. The van der Waals surface area contributed by atoms with E-state index < -0.39 is 0 Å². The lowest BCUT2D eigenvalue weighted by molar-refractivity contribution is -0.116. The maximum atomic E-state index is 10.3. The van der Waals surface area contributed by atoms with Crippen LogP contribution in [0.1, 0.15) is 6.92 Å². The van der Waals surface area contributed by atoms with E-state index in [4.69, 9.17) is 0 Å². The predicted octanol–water partition coefficient (Wildman–Crippen LogP) is 1.73. The number of hydrogen-bond donors (Lipinski definition) is 0. The van der Waals surface area contributed by atoms with E-state index in [0.29, 0.717) is 5.33 Å². The maximum absolute atomic E-state index is 10.3. The van der Waals surface area contributed by atoms with Crippen LogP contribution in [-0.4, -0.2) is 15.9 Å². The fraction of sp³-hybridized carbons (Fsp3) is 0.750. The van der Waals surface area contributed by atoms with Gasteiger partial charge in [0.1, 0.15) is 5.78 Å². The summed E-state index contributed by atoms with van der Waals surface area (Å²) in [5.74, 6) is 0.164. The van der Waals surface area contributed by atoms with Crippen LogP contribution < -0.4 is 0 Å². The molecule has 0 N–H and O–H groups in total. The Morgan fingerprint density at radius 2 is 2.29 bits per heavy atom. The number of carbonyl (C=O) groups is 1. The van der Waals surface area contributed by atoms with Gasteiger partial charge in [0.25, 0.3) is 0 Å². The van der Waals surface area contributed by atoms with Crippen molar-refractivity contribution in [3.8, 4) is 0 Å². The first-order valence-corrected chi connectivity index (χ1v) is 3.92. The van der Waals surface area contributed by atoms with Crippen LogP contribution in [0.3, 0.4) is 0 Å². The zero-order valence-corrected chi connectivity index (χ0v) is 7.12. The highest BCUT2D eigenvalue weighted by molar-refractivity contribution is 9.12. The molecule has 0 aromatic rings. The normalized spacial score (nSPS) is 13.6. The second-order valence-electron chi connectivity index (χ2n) is 1.23. The first-order chi connectivity index (χ1) is 3.18. The van der Waals surface area contributed by atoms with E-state index in [1.807, 2.05) is 0 Å². The van der Waals surface area contributed by atoms with Crippen molar-refractivity contribution in [3.63, 3.8) is 0 Å². The van der Waals surface area contributed by atoms with Crippen LogP contribution in [0.2, 0.25) is 0 Å². The summed E-state index contributed by atoms with van der Waals surface area (Å²) in [6.45, 7) is 1.56. The summed E-state index contributed by atoms with van der Waals surface area (Å²) in [4.78, 5) is 10.3. The average Bonchev–Trinajstić information content (AvgIpc) is 1.65. The van der Waals surface area contributed by atoms with Gasteiger partial charge in [0, 0.05) is 5.33 Å². The molecule has 0 rings (SSSR count). The van der Waals surface area contributed by atoms with E-state index in [2.05, 4.69) is 31.9 Å². The highest BCUT2D eigenvalue weighted by atomic mass is 79.9. The molecule has 0 saturated heterocycles. The standard InChI is InChI=1S/C4H6Br2O/c1-3(7)4(6)2-5/h4H,2H2,1H3/t4-/m0/s1. The summed E-state index contributed by atoms with van der Waals surface area (Å²) >= 11 is 6.29. The van der Waals surface area contributed by atoms with Crippen LogP contribution >= 0.6 is 31.9 Å². The number of halogens is 2. The van der Waals surface area contributed by atoms with Crippen LogP contribution in [-0.2, 0) is 4.79 Å². The molecule has 0 aliphatic carbocycles. The average molecular weight is 230 g/mol. The minimum atomic E-state index is -0.00694. The highest BCUT2D eigenvalue weighted by Gasteiger charge is 2.04. The van der Waals surface area contributed by atoms with Crippen LogP contribution in [0, 0.1) is 0 Å². The molecular weight excluding hydrogens is 224 g/mol. The molecular formula is C4H6Br2O. The van der Waals surface area contributed by atoms with Crippen molar-refractivity contribution in [2.75, 3.05) is 5.33 Å². The van der Waals surface area contributed by atoms with Crippen molar-refractivity contribution in [3.05, 3.63) is 0 Å². The Kier molecular flexibility index (Phi) is 3.93. The number of alkyl halides is 2. The summed E-state index contributed by atoms with van der Waals surface area (Å²) in [5, 5.41) is 0.697. The molecule has 0 aliphatic rings. The quantitative estimate of drug-likeness (QED) is 0.660. The van der Waals surface area contributed by atoms with Gasteiger partial charge in [-0.15, -0.1) is 0 Å². The fourth-order valence-corrected chi connectivity index (χ4v) is 0.565. The van der Waals surface area contributed by atoms with Gasteiger partial charge in [0.15, 0.2) is 0 Å². The SMILES string of the molecule is CC(=O)[C@@H](Br)CBr. The van der Waals surface area contributed by atoms with Crippen LogP contribution in [0.4, 0.5) is 0 Å². The number of Topliss-reactive ketones (excluding diaryl/α,β-unsaturated/α-hetero) is 1. The van der Waals surface area contributed by atoms with Gasteiger partial charge in [-0.2, -0.15) is 0 Å². The molecule has 3 heteroatoms. The molecule has 0 fully saturated rings. The lowest BCUT2D eigenvalue weighted by atomic mass is 10.4. The Morgan fingerprint density at radius 1 is 1.86 bits per heavy atom. The largest absolute Gasteiger partial charge is 0.299 e. The van der Waals surface area contributed by atoms with Gasteiger partial charge in [-0.05, 0) is 6.92 Å². The zero-order valence-electron chi connectivity index (χ0n) is 3.95. The number of rotatable bonds is 2. The molecule has 7 heavy (non-hydrogen) atoms. The molecule has 0 spiro atoms. The third-order valence-electron chi connectivity index (χ3n) is 0.577. The van der Waals surface area contributed by atoms with Gasteiger partial charge in [-0.3, -0.25) is 4.79 Å². The van der Waals surface area contributed by atoms with E-state index in [0.717, 1.165) is 0 Å². The fourth-order valence-electron chi connectivity index (χ4n) is 0.109. The molecule has 0 radical (unpaired) electrons. The second kappa shape index (κ2) is 3.61. The molecule has 0 amide bonds. The zero-order chi connectivity index (χ0) is 5.86. The first-order valence-electron chi connectivity index (χ1n) is 1.89. The van der Waals surface area contributed by atoms with Crippen LogP contribution in [0.5, 0.6) is 0 Å². The molecule has 0 unspecified atom stereocenters. The molecule has 0 saturated carbocycles. The Labute approximate surface area is 59.7 Å². The molecule has 0 aliphatic heterocycles. The minimum Gasteiger partial charge on any atom is -0.299 e. The summed E-state index contributed by atoms with van der Waals surface area (Å²) in [6, 6.07) is 0. The summed E-state index contributed by atoms with van der Waals surface area (Å²) in [5.41, 5.74) is 0. The topological polar surface area (TPSA) is 17.1 Å². The first kappa shape index (κ1) is 7.63. The number of hydrogen-bond acceptors (Lipinski definition) is 1.